The lowest BCUT2D eigenvalue weighted by Gasteiger charge is -2.08. The Morgan fingerprint density at radius 3 is 2.52 bits per heavy atom. The topological polar surface area (TPSA) is 46.9 Å². The first kappa shape index (κ1) is 14.9. The highest BCUT2D eigenvalue weighted by Gasteiger charge is 2.32. The molecule has 0 saturated heterocycles. The van der Waals surface area contributed by atoms with E-state index < -0.39 is 0 Å². The highest BCUT2D eigenvalue weighted by Crippen LogP contribution is 2.44. The Bertz CT molecular complexity index is 714. The first-order chi connectivity index (χ1) is 11.2. The van der Waals surface area contributed by atoms with Crippen molar-refractivity contribution in [2.24, 2.45) is 0 Å². The highest BCUT2D eigenvalue weighted by atomic mass is 79.9. The lowest BCUT2D eigenvalue weighted by atomic mass is 10.2. The van der Waals surface area contributed by atoms with E-state index in [-0.39, 0.29) is 5.91 Å². The second kappa shape index (κ2) is 6.11. The van der Waals surface area contributed by atoms with Crippen molar-refractivity contribution in [2.75, 3.05) is 6.54 Å². The van der Waals surface area contributed by atoms with Gasteiger partial charge in [0, 0.05) is 34.1 Å². The molecule has 1 aromatic heterocycles. The molecule has 2 aromatic rings. The molecule has 5 heteroatoms. The maximum absolute atomic E-state index is 12.1. The van der Waals surface area contributed by atoms with Crippen LogP contribution in [0.15, 0.2) is 34.8 Å². The van der Waals surface area contributed by atoms with E-state index in [9.17, 15) is 4.79 Å². The minimum Gasteiger partial charge on any atom is -0.350 e. The standard InChI is InChI=1S/C18H20BrN3O/c19-15-7-5-14(6-8-15)18(23)20-9-10-22-17(13-3-4-13)11-16(21-22)12-1-2-12/h5-8,11-13H,1-4,9-10H2,(H,20,23). The number of rotatable bonds is 6. The van der Waals surface area contributed by atoms with Gasteiger partial charge in [0.25, 0.3) is 5.91 Å². The number of hydrogen-bond acceptors (Lipinski definition) is 2. The van der Waals surface area contributed by atoms with Crippen molar-refractivity contribution in [1.29, 1.82) is 0 Å². The van der Waals surface area contributed by atoms with Crippen LogP contribution in [0.3, 0.4) is 0 Å². The minimum absolute atomic E-state index is 0.0277. The zero-order valence-corrected chi connectivity index (χ0v) is 14.6. The molecule has 0 aliphatic heterocycles. The summed E-state index contributed by atoms with van der Waals surface area (Å²) in [5.74, 6) is 1.35. The maximum Gasteiger partial charge on any atom is 0.251 e. The summed E-state index contributed by atoms with van der Waals surface area (Å²) in [6.45, 7) is 1.36. The molecule has 0 unspecified atom stereocenters. The molecule has 1 N–H and O–H groups in total. The predicted octanol–water partition coefficient (Wildman–Crippen LogP) is 3.83. The first-order valence-electron chi connectivity index (χ1n) is 8.32. The van der Waals surface area contributed by atoms with Crippen LogP contribution in [0.1, 0.15) is 59.3 Å². The van der Waals surface area contributed by atoms with Gasteiger partial charge in [-0.25, -0.2) is 0 Å². The van der Waals surface area contributed by atoms with E-state index in [2.05, 4.69) is 32.0 Å². The molecule has 1 aromatic carbocycles. The SMILES string of the molecule is O=C(NCCn1nc(C2CC2)cc1C1CC1)c1ccc(Br)cc1. The normalized spacial score (nSPS) is 17.3. The van der Waals surface area contributed by atoms with E-state index in [0.29, 0.717) is 23.9 Å². The van der Waals surface area contributed by atoms with E-state index in [1.807, 2.05) is 24.3 Å². The van der Waals surface area contributed by atoms with Crippen LogP contribution in [0.5, 0.6) is 0 Å². The van der Waals surface area contributed by atoms with Crippen LogP contribution in [-0.4, -0.2) is 22.2 Å². The molecule has 23 heavy (non-hydrogen) atoms. The molecule has 2 fully saturated rings. The lowest BCUT2D eigenvalue weighted by Crippen LogP contribution is -2.27. The highest BCUT2D eigenvalue weighted by molar-refractivity contribution is 9.10. The summed E-state index contributed by atoms with van der Waals surface area (Å²) in [5, 5.41) is 7.77. The number of aromatic nitrogens is 2. The summed E-state index contributed by atoms with van der Waals surface area (Å²) in [4.78, 5) is 12.1. The fraction of sp³-hybridized carbons (Fsp3) is 0.444. The first-order valence-corrected chi connectivity index (χ1v) is 9.11. The fourth-order valence-electron chi connectivity index (χ4n) is 2.90. The van der Waals surface area contributed by atoms with Crippen LogP contribution in [-0.2, 0) is 6.54 Å². The Morgan fingerprint density at radius 2 is 1.87 bits per heavy atom. The molecule has 2 saturated carbocycles. The Morgan fingerprint density at radius 1 is 1.17 bits per heavy atom. The van der Waals surface area contributed by atoms with Crippen molar-refractivity contribution in [1.82, 2.24) is 15.1 Å². The molecule has 1 heterocycles. The number of nitrogens with one attached hydrogen (secondary N) is 1. The van der Waals surface area contributed by atoms with Crippen LogP contribution in [0.4, 0.5) is 0 Å². The van der Waals surface area contributed by atoms with Gasteiger partial charge in [-0.15, -0.1) is 0 Å². The summed E-state index contributed by atoms with van der Waals surface area (Å²) in [5.41, 5.74) is 3.31. The average molecular weight is 374 g/mol. The van der Waals surface area contributed by atoms with Crippen LogP contribution >= 0.6 is 15.9 Å². The van der Waals surface area contributed by atoms with Gasteiger partial charge in [-0.05, 0) is 56.0 Å². The monoisotopic (exact) mass is 373 g/mol. The van der Waals surface area contributed by atoms with Crippen LogP contribution in [0.2, 0.25) is 0 Å². The van der Waals surface area contributed by atoms with Crippen LogP contribution < -0.4 is 5.32 Å². The van der Waals surface area contributed by atoms with Gasteiger partial charge < -0.3 is 5.32 Å². The number of halogens is 1. The van der Waals surface area contributed by atoms with Gasteiger partial charge in [0.2, 0.25) is 0 Å². The molecule has 0 bridgehead atoms. The van der Waals surface area contributed by atoms with Gasteiger partial charge in [-0.1, -0.05) is 15.9 Å². The third kappa shape index (κ3) is 3.50. The van der Waals surface area contributed by atoms with Gasteiger partial charge >= 0.3 is 0 Å². The molecular formula is C18H20BrN3O. The second-order valence-electron chi connectivity index (χ2n) is 6.53. The maximum atomic E-state index is 12.1. The predicted molar refractivity (Wildman–Crippen MR) is 92.7 cm³/mol. The molecule has 0 spiro atoms. The molecule has 4 nitrogen and oxygen atoms in total. The summed E-state index contributed by atoms with van der Waals surface area (Å²) in [6, 6.07) is 9.72. The number of amides is 1. The van der Waals surface area contributed by atoms with E-state index in [1.54, 1.807) is 0 Å². The molecule has 0 atom stereocenters. The van der Waals surface area contributed by atoms with Gasteiger partial charge in [0.1, 0.15) is 0 Å². The molecule has 4 rings (SSSR count). The van der Waals surface area contributed by atoms with Crippen molar-refractivity contribution in [3.8, 4) is 0 Å². The second-order valence-corrected chi connectivity index (χ2v) is 7.44. The Hall–Kier alpha value is -1.62. The van der Waals surface area contributed by atoms with Crippen molar-refractivity contribution in [2.45, 2.75) is 44.1 Å². The number of hydrogen-bond donors (Lipinski definition) is 1. The number of benzene rings is 1. The van der Waals surface area contributed by atoms with E-state index in [4.69, 9.17) is 5.10 Å². The van der Waals surface area contributed by atoms with Gasteiger partial charge in [0.15, 0.2) is 0 Å². The smallest absolute Gasteiger partial charge is 0.251 e. The molecule has 120 valence electrons. The van der Waals surface area contributed by atoms with E-state index in [1.165, 1.54) is 37.1 Å². The number of carbonyl (C=O) groups excluding carboxylic acids is 1. The van der Waals surface area contributed by atoms with Crippen LogP contribution in [0.25, 0.3) is 0 Å². The number of carbonyl (C=O) groups is 1. The Labute approximate surface area is 144 Å². The molecule has 0 radical (unpaired) electrons. The van der Waals surface area contributed by atoms with E-state index in [0.717, 1.165) is 11.0 Å². The van der Waals surface area contributed by atoms with Crippen molar-refractivity contribution < 1.29 is 4.79 Å². The van der Waals surface area contributed by atoms with Crippen molar-refractivity contribution in [3.63, 3.8) is 0 Å². The molecule has 2 aliphatic carbocycles. The summed E-state index contributed by atoms with van der Waals surface area (Å²) in [6.07, 6.45) is 5.12. The fourth-order valence-corrected chi connectivity index (χ4v) is 3.16. The summed E-state index contributed by atoms with van der Waals surface area (Å²) < 4.78 is 3.10. The summed E-state index contributed by atoms with van der Waals surface area (Å²) in [7, 11) is 0. The largest absolute Gasteiger partial charge is 0.350 e. The third-order valence-electron chi connectivity index (χ3n) is 4.54. The Balaban J connectivity index is 1.37. The summed E-state index contributed by atoms with van der Waals surface area (Å²) >= 11 is 3.38. The number of nitrogens with zero attached hydrogens (tertiary/aromatic N) is 2. The van der Waals surface area contributed by atoms with Crippen LogP contribution in [0, 0.1) is 0 Å². The molecule has 2 aliphatic rings. The lowest BCUT2D eigenvalue weighted by molar-refractivity contribution is 0.0952. The van der Waals surface area contributed by atoms with E-state index >= 15 is 0 Å². The Kier molecular flexibility index (Phi) is 3.97. The van der Waals surface area contributed by atoms with Gasteiger partial charge in [0.05, 0.1) is 12.2 Å². The average Bonchev–Trinajstić information content (AvgIpc) is 3.47. The zero-order chi connectivity index (χ0) is 15.8. The molecular weight excluding hydrogens is 354 g/mol. The third-order valence-corrected chi connectivity index (χ3v) is 5.07. The molecule has 1 amide bonds. The van der Waals surface area contributed by atoms with Crippen molar-refractivity contribution in [3.05, 3.63) is 51.8 Å². The quantitative estimate of drug-likeness (QED) is 0.836. The zero-order valence-electron chi connectivity index (χ0n) is 13.0. The van der Waals surface area contributed by atoms with Crippen molar-refractivity contribution >= 4 is 21.8 Å². The minimum atomic E-state index is -0.0277. The van der Waals surface area contributed by atoms with Gasteiger partial charge in [-0.3, -0.25) is 9.48 Å². The van der Waals surface area contributed by atoms with Gasteiger partial charge in [-0.2, -0.15) is 5.10 Å².